The van der Waals surface area contributed by atoms with E-state index in [2.05, 4.69) is 15.6 Å². The first-order valence-corrected chi connectivity index (χ1v) is 5.25. The zero-order valence-electron chi connectivity index (χ0n) is 8.93. The van der Waals surface area contributed by atoms with Gasteiger partial charge in [-0.05, 0) is 6.42 Å². The van der Waals surface area contributed by atoms with Crippen molar-refractivity contribution in [2.75, 3.05) is 19.8 Å². The Morgan fingerprint density at radius 2 is 2.62 bits per heavy atom. The summed E-state index contributed by atoms with van der Waals surface area (Å²) in [5, 5.41) is 10.6. The number of amides is 1. The molecule has 0 spiro atoms. The van der Waals surface area contributed by atoms with Crippen LogP contribution in [0.25, 0.3) is 0 Å². The van der Waals surface area contributed by atoms with Crippen molar-refractivity contribution in [1.82, 2.24) is 20.3 Å². The predicted molar refractivity (Wildman–Crippen MR) is 55.4 cm³/mol. The van der Waals surface area contributed by atoms with Gasteiger partial charge in [0.05, 0.1) is 31.9 Å². The van der Waals surface area contributed by atoms with Crippen LogP contribution in [-0.2, 0) is 16.1 Å². The van der Waals surface area contributed by atoms with Crippen LogP contribution >= 0.6 is 0 Å². The maximum Gasteiger partial charge on any atom is 0.234 e. The van der Waals surface area contributed by atoms with Crippen molar-refractivity contribution in [2.45, 2.75) is 19.0 Å². The lowest BCUT2D eigenvalue weighted by molar-refractivity contribution is -0.119. The average Bonchev–Trinajstić information content (AvgIpc) is 2.95. The van der Waals surface area contributed by atoms with Gasteiger partial charge in [-0.15, -0.1) is 5.10 Å². The second kappa shape index (κ2) is 5.04. The maximum atomic E-state index is 10.9. The summed E-state index contributed by atoms with van der Waals surface area (Å²) in [6.45, 7) is 1.80. The second-order valence-electron chi connectivity index (χ2n) is 3.69. The molecule has 3 N–H and O–H groups in total. The Morgan fingerprint density at radius 3 is 3.31 bits per heavy atom. The minimum atomic E-state index is -0.196. The van der Waals surface area contributed by atoms with E-state index >= 15 is 0 Å². The zero-order chi connectivity index (χ0) is 11.4. The van der Waals surface area contributed by atoms with E-state index in [4.69, 9.17) is 10.5 Å². The quantitative estimate of drug-likeness (QED) is 0.672. The lowest BCUT2D eigenvalue weighted by atomic mass is 10.3. The van der Waals surface area contributed by atoms with E-state index < -0.39 is 0 Å². The molecule has 0 aliphatic carbocycles. The second-order valence-corrected chi connectivity index (χ2v) is 3.69. The van der Waals surface area contributed by atoms with Crippen LogP contribution in [0.15, 0.2) is 6.20 Å². The van der Waals surface area contributed by atoms with E-state index in [0.29, 0.717) is 13.2 Å². The normalized spacial score (nSPS) is 19.9. The monoisotopic (exact) mass is 225 g/mol. The molecule has 1 unspecified atom stereocenters. The third kappa shape index (κ3) is 2.56. The van der Waals surface area contributed by atoms with Gasteiger partial charge in [0.1, 0.15) is 5.69 Å². The van der Waals surface area contributed by atoms with E-state index in [9.17, 15) is 4.79 Å². The molecule has 1 fully saturated rings. The van der Waals surface area contributed by atoms with Gasteiger partial charge in [-0.25, -0.2) is 4.68 Å². The van der Waals surface area contributed by atoms with Crippen molar-refractivity contribution < 1.29 is 9.53 Å². The van der Waals surface area contributed by atoms with E-state index in [1.54, 1.807) is 4.68 Å². The van der Waals surface area contributed by atoms with Crippen molar-refractivity contribution in [2.24, 2.45) is 5.73 Å². The fourth-order valence-electron chi connectivity index (χ4n) is 1.56. The van der Waals surface area contributed by atoms with Crippen LogP contribution in [0.2, 0.25) is 0 Å². The van der Waals surface area contributed by atoms with Crippen LogP contribution in [0.3, 0.4) is 0 Å². The Bertz CT molecular complexity index is 359. The van der Waals surface area contributed by atoms with Crippen molar-refractivity contribution in [3.63, 3.8) is 0 Å². The van der Waals surface area contributed by atoms with E-state index in [0.717, 1.165) is 18.7 Å². The molecule has 1 aliphatic rings. The van der Waals surface area contributed by atoms with Crippen LogP contribution in [0.4, 0.5) is 0 Å². The molecule has 0 bridgehead atoms. The number of hydrogen-bond acceptors (Lipinski definition) is 5. The zero-order valence-corrected chi connectivity index (χ0v) is 8.93. The molecule has 1 atom stereocenters. The van der Waals surface area contributed by atoms with E-state index in [1.807, 2.05) is 6.20 Å². The smallest absolute Gasteiger partial charge is 0.234 e. The Kier molecular flexibility index (Phi) is 3.47. The predicted octanol–water partition coefficient (Wildman–Crippen LogP) is -1.19. The van der Waals surface area contributed by atoms with Crippen LogP contribution in [0, 0.1) is 0 Å². The number of aromatic nitrogens is 3. The standard InChI is InChI=1S/C9H15N5O2/c10-3-9(15)11-4-7-5-14(13-12-7)8-1-2-16-6-8/h5,8H,1-4,6,10H2,(H,11,15). The first-order valence-electron chi connectivity index (χ1n) is 5.25. The number of nitrogens with zero attached hydrogens (tertiary/aromatic N) is 3. The molecule has 7 nitrogen and oxygen atoms in total. The molecule has 88 valence electrons. The maximum absolute atomic E-state index is 10.9. The first-order chi connectivity index (χ1) is 7.79. The molecule has 7 heteroatoms. The van der Waals surface area contributed by atoms with Crippen molar-refractivity contribution in [3.8, 4) is 0 Å². The highest BCUT2D eigenvalue weighted by molar-refractivity contribution is 5.77. The first kappa shape index (κ1) is 11.0. The van der Waals surface area contributed by atoms with Gasteiger partial charge in [0.25, 0.3) is 0 Å². The van der Waals surface area contributed by atoms with Crippen molar-refractivity contribution in [1.29, 1.82) is 0 Å². The third-order valence-corrected chi connectivity index (χ3v) is 2.49. The molecule has 0 radical (unpaired) electrons. The number of carbonyl (C=O) groups excluding carboxylic acids is 1. The SMILES string of the molecule is NCC(=O)NCc1cn(C2CCOC2)nn1. The van der Waals surface area contributed by atoms with Crippen LogP contribution in [0.5, 0.6) is 0 Å². The third-order valence-electron chi connectivity index (χ3n) is 2.49. The van der Waals surface area contributed by atoms with Gasteiger partial charge in [-0.3, -0.25) is 4.79 Å². The van der Waals surface area contributed by atoms with Crippen LogP contribution in [-0.4, -0.2) is 40.7 Å². The average molecular weight is 225 g/mol. The molecule has 2 rings (SSSR count). The van der Waals surface area contributed by atoms with Gasteiger partial charge in [-0.2, -0.15) is 0 Å². The number of hydrogen-bond donors (Lipinski definition) is 2. The summed E-state index contributed by atoms with van der Waals surface area (Å²) in [5.74, 6) is -0.196. The summed E-state index contributed by atoms with van der Waals surface area (Å²) >= 11 is 0. The molecule has 0 saturated carbocycles. The number of nitrogens with one attached hydrogen (secondary N) is 1. The lowest BCUT2D eigenvalue weighted by Crippen LogP contribution is -2.29. The highest BCUT2D eigenvalue weighted by Crippen LogP contribution is 2.17. The van der Waals surface area contributed by atoms with Crippen LogP contribution < -0.4 is 11.1 Å². The largest absolute Gasteiger partial charge is 0.379 e. The lowest BCUT2D eigenvalue weighted by Gasteiger charge is -2.05. The number of nitrogens with two attached hydrogens (primary N) is 1. The van der Waals surface area contributed by atoms with E-state index in [1.165, 1.54) is 0 Å². The van der Waals surface area contributed by atoms with E-state index in [-0.39, 0.29) is 18.5 Å². The summed E-state index contributed by atoms with van der Waals surface area (Å²) in [4.78, 5) is 10.9. The Balaban J connectivity index is 1.89. The van der Waals surface area contributed by atoms with Gasteiger partial charge in [-0.1, -0.05) is 5.21 Å². The Morgan fingerprint density at radius 1 is 1.75 bits per heavy atom. The van der Waals surface area contributed by atoms with Gasteiger partial charge < -0.3 is 15.8 Å². The molecular formula is C9H15N5O2. The highest BCUT2D eigenvalue weighted by atomic mass is 16.5. The van der Waals surface area contributed by atoms with Gasteiger partial charge in [0.2, 0.25) is 5.91 Å². The summed E-state index contributed by atoms with van der Waals surface area (Å²) in [7, 11) is 0. The highest BCUT2D eigenvalue weighted by Gasteiger charge is 2.18. The molecule has 1 amide bonds. The summed E-state index contributed by atoms with van der Waals surface area (Å²) in [5.41, 5.74) is 5.90. The number of carbonyl (C=O) groups is 1. The van der Waals surface area contributed by atoms with Crippen molar-refractivity contribution in [3.05, 3.63) is 11.9 Å². The summed E-state index contributed by atoms with van der Waals surface area (Å²) < 4.78 is 7.05. The molecule has 1 aliphatic heterocycles. The number of rotatable bonds is 4. The molecule has 2 heterocycles. The topological polar surface area (TPSA) is 95.1 Å². The molecule has 0 aromatic carbocycles. The Labute approximate surface area is 92.9 Å². The minimum Gasteiger partial charge on any atom is -0.379 e. The molecule has 1 aromatic rings. The van der Waals surface area contributed by atoms with Gasteiger partial charge in [0, 0.05) is 6.61 Å². The molecule has 16 heavy (non-hydrogen) atoms. The fourth-order valence-corrected chi connectivity index (χ4v) is 1.56. The van der Waals surface area contributed by atoms with Crippen LogP contribution in [0.1, 0.15) is 18.2 Å². The summed E-state index contributed by atoms with van der Waals surface area (Å²) in [6.07, 6.45) is 2.79. The Hall–Kier alpha value is -1.47. The van der Waals surface area contributed by atoms with Crippen molar-refractivity contribution >= 4 is 5.91 Å². The fraction of sp³-hybridized carbons (Fsp3) is 0.667. The molecule has 1 saturated heterocycles. The molecular weight excluding hydrogens is 210 g/mol. The van der Waals surface area contributed by atoms with Gasteiger partial charge in [0.15, 0.2) is 0 Å². The minimum absolute atomic E-state index is 0.00932. The molecule has 1 aromatic heterocycles. The number of ether oxygens (including phenoxy) is 1. The van der Waals surface area contributed by atoms with Gasteiger partial charge >= 0.3 is 0 Å². The summed E-state index contributed by atoms with van der Waals surface area (Å²) in [6, 6.07) is 0.270.